The van der Waals surface area contributed by atoms with Crippen molar-refractivity contribution in [2.24, 2.45) is 7.05 Å². The van der Waals surface area contributed by atoms with Crippen molar-refractivity contribution in [3.8, 4) is 5.75 Å². The standard InChI is InChI=1S/C15H20ClN3O/c1-4-10-6-7-14(11(17)8-10)20-9-13-15(16)12(5-2)18-19(13)3/h6-8H,4-5,9,17H2,1-3H3. The number of benzene rings is 1. The molecule has 0 unspecified atom stereocenters. The molecular formula is C15H20ClN3O. The second-order valence-electron chi connectivity index (χ2n) is 4.70. The SMILES string of the molecule is CCc1ccc(OCc2c(Cl)c(CC)nn2C)c(N)c1. The van der Waals surface area contributed by atoms with Crippen molar-refractivity contribution in [2.45, 2.75) is 33.3 Å². The number of aromatic nitrogens is 2. The summed E-state index contributed by atoms with van der Waals surface area (Å²) in [6, 6.07) is 5.87. The number of halogens is 1. The molecule has 20 heavy (non-hydrogen) atoms. The van der Waals surface area contributed by atoms with Crippen LogP contribution in [0.2, 0.25) is 5.02 Å². The largest absolute Gasteiger partial charge is 0.485 e. The minimum absolute atomic E-state index is 0.359. The molecule has 108 valence electrons. The van der Waals surface area contributed by atoms with Gasteiger partial charge in [-0.15, -0.1) is 0 Å². The molecule has 1 aromatic heterocycles. The number of nitrogen functional groups attached to an aromatic ring is 1. The van der Waals surface area contributed by atoms with Gasteiger partial charge in [0.1, 0.15) is 12.4 Å². The minimum Gasteiger partial charge on any atom is -0.485 e. The molecule has 0 saturated carbocycles. The van der Waals surface area contributed by atoms with Crippen LogP contribution in [0.5, 0.6) is 5.75 Å². The molecule has 5 heteroatoms. The lowest BCUT2D eigenvalue weighted by molar-refractivity contribution is 0.296. The van der Waals surface area contributed by atoms with Crippen LogP contribution in [0.4, 0.5) is 5.69 Å². The fourth-order valence-corrected chi connectivity index (χ4v) is 2.42. The van der Waals surface area contributed by atoms with E-state index in [1.165, 1.54) is 5.56 Å². The van der Waals surface area contributed by atoms with Crippen LogP contribution in [0.25, 0.3) is 0 Å². The summed E-state index contributed by atoms with van der Waals surface area (Å²) in [4.78, 5) is 0. The van der Waals surface area contributed by atoms with Gasteiger partial charge in [-0.3, -0.25) is 4.68 Å². The molecule has 2 rings (SSSR count). The van der Waals surface area contributed by atoms with Crippen LogP contribution in [-0.2, 0) is 26.5 Å². The quantitative estimate of drug-likeness (QED) is 0.860. The molecule has 1 heterocycles. The first-order valence-electron chi connectivity index (χ1n) is 6.78. The number of ether oxygens (including phenoxy) is 1. The minimum atomic E-state index is 0.359. The second kappa shape index (κ2) is 6.18. The van der Waals surface area contributed by atoms with Crippen molar-refractivity contribution in [3.63, 3.8) is 0 Å². The Morgan fingerprint density at radius 2 is 2.05 bits per heavy atom. The van der Waals surface area contributed by atoms with Crippen LogP contribution < -0.4 is 10.5 Å². The van der Waals surface area contributed by atoms with E-state index in [0.717, 1.165) is 24.2 Å². The maximum absolute atomic E-state index is 6.29. The molecule has 4 nitrogen and oxygen atoms in total. The normalized spacial score (nSPS) is 10.8. The molecule has 0 atom stereocenters. The molecule has 0 radical (unpaired) electrons. The van der Waals surface area contributed by atoms with Gasteiger partial charge in [-0.1, -0.05) is 31.5 Å². The van der Waals surface area contributed by atoms with Crippen LogP contribution in [0.15, 0.2) is 18.2 Å². The van der Waals surface area contributed by atoms with E-state index in [2.05, 4.69) is 12.0 Å². The van der Waals surface area contributed by atoms with Gasteiger partial charge in [0.2, 0.25) is 0 Å². The zero-order valence-electron chi connectivity index (χ0n) is 12.1. The lowest BCUT2D eigenvalue weighted by atomic mass is 10.1. The highest BCUT2D eigenvalue weighted by Gasteiger charge is 2.14. The number of hydrogen-bond donors (Lipinski definition) is 1. The van der Waals surface area contributed by atoms with Gasteiger partial charge in [0.05, 0.1) is 22.1 Å². The van der Waals surface area contributed by atoms with Crippen LogP contribution in [0.3, 0.4) is 0 Å². The van der Waals surface area contributed by atoms with Gasteiger partial charge < -0.3 is 10.5 Å². The Kier molecular flexibility index (Phi) is 4.55. The first-order valence-corrected chi connectivity index (χ1v) is 7.16. The highest BCUT2D eigenvalue weighted by Crippen LogP contribution is 2.26. The zero-order valence-corrected chi connectivity index (χ0v) is 12.9. The van der Waals surface area contributed by atoms with E-state index < -0.39 is 0 Å². The van der Waals surface area contributed by atoms with Crippen LogP contribution in [0.1, 0.15) is 30.8 Å². The first kappa shape index (κ1) is 14.7. The van der Waals surface area contributed by atoms with Crippen LogP contribution in [-0.4, -0.2) is 9.78 Å². The van der Waals surface area contributed by atoms with E-state index in [1.54, 1.807) is 4.68 Å². The maximum Gasteiger partial charge on any atom is 0.142 e. The van der Waals surface area contributed by atoms with E-state index in [4.69, 9.17) is 22.1 Å². The summed E-state index contributed by atoms with van der Waals surface area (Å²) in [6.45, 7) is 4.48. The fraction of sp³-hybridized carbons (Fsp3) is 0.400. The smallest absolute Gasteiger partial charge is 0.142 e. The molecule has 1 aromatic carbocycles. The van der Waals surface area contributed by atoms with Crippen molar-refractivity contribution in [1.82, 2.24) is 9.78 Å². The average Bonchev–Trinajstić information content (AvgIpc) is 2.72. The van der Waals surface area contributed by atoms with Crippen molar-refractivity contribution >= 4 is 17.3 Å². The Balaban J connectivity index is 2.15. The van der Waals surface area contributed by atoms with Gasteiger partial charge in [0, 0.05) is 7.05 Å². The van der Waals surface area contributed by atoms with E-state index >= 15 is 0 Å². The van der Waals surface area contributed by atoms with Crippen molar-refractivity contribution in [2.75, 3.05) is 5.73 Å². The molecule has 0 aliphatic rings. The maximum atomic E-state index is 6.29. The van der Waals surface area contributed by atoms with Gasteiger partial charge in [-0.05, 0) is 30.5 Å². The Bertz CT molecular complexity index is 607. The third-order valence-corrected chi connectivity index (χ3v) is 3.79. The van der Waals surface area contributed by atoms with E-state index in [-0.39, 0.29) is 0 Å². The summed E-state index contributed by atoms with van der Waals surface area (Å²) < 4.78 is 7.53. The van der Waals surface area contributed by atoms with Crippen molar-refractivity contribution < 1.29 is 4.74 Å². The Labute approximate surface area is 124 Å². The highest BCUT2D eigenvalue weighted by molar-refractivity contribution is 6.31. The third-order valence-electron chi connectivity index (χ3n) is 3.35. The third kappa shape index (κ3) is 2.90. The predicted octanol–water partition coefficient (Wildman–Crippen LogP) is 3.36. The van der Waals surface area contributed by atoms with Crippen LogP contribution >= 0.6 is 11.6 Å². The Hall–Kier alpha value is -1.68. The molecular weight excluding hydrogens is 274 g/mol. The zero-order chi connectivity index (χ0) is 14.7. The lowest BCUT2D eigenvalue weighted by Gasteiger charge is -2.10. The predicted molar refractivity (Wildman–Crippen MR) is 82.2 cm³/mol. The summed E-state index contributed by atoms with van der Waals surface area (Å²) in [7, 11) is 1.87. The molecule has 2 N–H and O–H groups in total. The Morgan fingerprint density at radius 3 is 2.60 bits per heavy atom. The molecule has 0 bridgehead atoms. The molecule has 0 aliphatic carbocycles. The lowest BCUT2D eigenvalue weighted by Crippen LogP contribution is -2.05. The summed E-state index contributed by atoms with van der Waals surface area (Å²) in [5, 5.41) is 5.04. The van der Waals surface area contributed by atoms with E-state index in [0.29, 0.717) is 23.1 Å². The number of nitrogens with two attached hydrogens (primary N) is 1. The summed E-state index contributed by atoms with van der Waals surface area (Å²) in [5.41, 5.74) is 9.59. The van der Waals surface area contributed by atoms with Gasteiger partial charge in [-0.25, -0.2) is 0 Å². The van der Waals surface area contributed by atoms with Crippen LogP contribution in [0, 0.1) is 0 Å². The Morgan fingerprint density at radius 1 is 1.30 bits per heavy atom. The second-order valence-corrected chi connectivity index (χ2v) is 5.08. The van der Waals surface area contributed by atoms with Gasteiger partial charge in [0.25, 0.3) is 0 Å². The van der Waals surface area contributed by atoms with Gasteiger partial charge in [-0.2, -0.15) is 5.10 Å². The number of rotatable bonds is 5. The summed E-state index contributed by atoms with van der Waals surface area (Å²) >= 11 is 6.29. The average molecular weight is 294 g/mol. The van der Waals surface area contributed by atoms with Gasteiger partial charge >= 0.3 is 0 Å². The first-order chi connectivity index (χ1) is 9.56. The monoisotopic (exact) mass is 293 g/mol. The van der Waals surface area contributed by atoms with Crippen molar-refractivity contribution in [1.29, 1.82) is 0 Å². The van der Waals surface area contributed by atoms with E-state index in [1.807, 2.05) is 32.2 Å². The summed E-state index contributed by atoms with van der Waals surface area (Å²) in [6.07, 6.45) is 1.76. The number of anilines is 1. The van der Waals surface area contributed by atoms with Crippen molar-refractivity contribution in [3.05, 3.63) is 40.2 Å². The van der Waals surface area contributed by atoms with Gasteiger partial charge in [0.15, 0.2) is 0 Å². The van der Waals surface area contributed by atoms with E-state index in [9.17, 15) is 0 Å². The number of hydrogen-bond acceptors (Lipinski definition) is 3. The topological polar surface area (TPSA) is 53.1 Å². The summed E-state index contributed by atoms with van der Waals surface area (Å²) in [5.74, 6) is 0.678. The molecule has 2 aromatic rings. The molecule has 0 saturated heterocycles. The fourth-order valence-electron chi connectivity index (χ4n) is 2.07. The highest BCUT2D eigenvalue weighted by atomic mass is 35.5. The molecule has 0 spiro atoms. The molecule has 0 aliphatic heterocycles. The number of aryl methyl sites for hydroxylation is 3. The molecule has 0 amide bonds. The number of nitrogens with zero attached hydrogens (tertiary/aromatic N) is 2. The molecule has 0 fully saturated rings.